The van der Waals surface area contributed by atoms with E-state index in [1.54, 1.807) is 6.08 Å². The summed E-state index contributed by atoms with van der Waals surface area (Å²) in [5, 5.41) is 0. The third-order valence-electron chi connectivity index (χ3n) is 1.72. The van der Waals surface area contributed by atoms with Crippen molar-refractivity contribution in [3.05, 3.63) is 12.7 Å². The van der Waals surface area contributed by atoms with Gasteiger partial charge in [0.25, 0.3) is 0 Å². The van der Waals surface area contributed by atoms with Crippen molar-refractivity contribution < 1.29 is 4.79 Å². The van der Waals surface area contributed by atoms with Gasteiger partial charge in [-0.05, 0) is 12.8 Å². The van der Waals surface area contributed by atoms with Crippen molar-refractivity contribution in [3.8, 4) is 0 Å². The normalized spacial score (nSPS) is 9.69. The molecule has 0 rings (SSSR count). The van der Waals surface area contributed by atoms with Gasteiger partial charge in [0.1, 0.15) is 0 Å². The maximum Gasteiger partial charge on any atom is 0.222 e. The molecule has 0 aromatic heterocycles. The first-order valence-electron chi connectivity index (χ1n) is 4.70. The molecule has 0 atom stereocenters. The van der Waals surface area contributed by atoms with Gasteiger partial charge in [0.2, 0.25) is 5.91 Å². The van der Waals surface area contributed by atoms with Crippen LogP contribution in [0.3, 0.4) is 0 Å². The topological polar surface area (TPSA) is 20.3 Å². The number of hydrogen-bond acceptors (Lipinski definition) is 1. The van der Waals surface area contributed by atoms with Gasteiger partial charge in [0.15, 0.2) is 0 Å². The molecular formula is C10H18ClNO. The van der Waals surface area contributed by atoms with Crippen molar-refractivity contribution in [1.82, 2.24) is 4.90 Å². The molecule has 3 heteroatoms. The quantitative estimate of drug-likeness (QED) is 0.460. The minimum absolute atomic E-state index is 0.183. The Bertz CT molecular complexity index is 159. The molecule has 0 spiro atoms. The summed E-state index contributed by atoms with van der Waals surface area (Å²) in [6, 6.07) is 0. The highest BCUT2D eigenvalue weighted by Crippen LogP contribution is 2.00. The van der Waals surface area contributed by atoms with Crippen molar-refractivity contribution in [2.75, 3.05) is 19.0 Å². The lowest BCUT2D eigenvalue weighted by molar-refractivity contribution is -0.130. The third kappa shape index (κ3) is 5.69. The Balaban J connectivity index is 3.87. The van der Waals surface area contributed by atoms with E-state index >= 15 is 0 Å². The van der Waals surface area contributed by atoms with Gasteiger partial charge in [-0.2, -0.15) is 0 Å². The Kier molecular flexibility index (Phi) is 7.80. The standard InChI is InChI=1S/C10H18ClNO/c1-3-8-12(9-4-2)10(13)6-5-7-11/h3H,1,4-9H2,2H3. The maximum absolute atomic E-state index is 11.5. The zero-order valence-electron chi connectivity index (χ0n) is 8.26. The fourth-order valence-corrected chi connectivity index (χ4v) is 1.25. The molecular weight excluding hydrogens is 186 g/mol. The van der Waals surface area contributed by atoms with E-state index < -0.39 is 0 Å². The van der Waals surface area contributed by atoms with E-state index in [9.17, 15) is 4.79 Å². The van der Waals surface area contributed by atoms with Gasteiger partial charge in [-0.3, -0.25) is 4.79 Å². The molecule has 0 heterocycles. The highest BCUT2D eigenvalue weighted by atomic mass is 35.5. The van der Waals surface area contributed by atoms with Crippen molar-refractivity contribution in [3.63, 3.8) is 0 Å². The first-order valence-corrected chi connectivity index (χ1v) is 5.24. The highest BCUT2D eigenvalue weighted by molar-refractivity contribution is 6.17. The number of nitrogens with zero attached hydrogens (tertiary/aromatic N) is 1. The molecule has 0 aliphatic rings. The summed E-state index contributed by atoms with van der Waals surface area (Å²) in [7, 11) is 0. The number of rotatable bonds is 7. The predicted molar refractivity (Wildman–Crippen MR) is 57.0 cm³/mol. The second kappa shape index (κ2) is 8.11. The van der Waals surface area contributed by atoms with Crippen LogP contribution in [0.2, 0.25) is 0 Å². The van der Waals surface area contributed by atoms with Gasteiger partial charge in [0, 0.05) is 25.4 Å². The molecule has 2 nitrogen and oxygen atoms in total. The Labute approximate surface area is 85.6 Å². The number of halogens is 1. The lowest BCUT2D eigenvalue weighted by atomic mass is 10.3. The molecule has 13 heavy (non-hydrogen) atoms. The zero-order valence-corrected chi connectivity index (χ0v) is 9.02. The average molecular weight is 204 g/mol. The fourth-order valence-electron chi connectivity index (χ4n) is 1.12. The first-order chi connectivity index (χ1) is 6.26. The van der Waals surface area contributed by atoms with Crippen LogP contribution in [-0.2, 0) is 4.79 Å². The van der Waals surface area contributed by atoms with Gasteiger partial charge in [0.05, 0.1) is 0 Å². The molecule has 0 aromatic carbocycles. The Morgan fingerprint density at radius 1 is 1.62 bits per heavy atom. The van der Waals surface area contributed by atoms with Crippen LogP contribution in [-0.4, -0.2) is 29.8 Å². The smallest absolute Gasteiger partial charge is 0.222 e. The fraction of sp³-hybridized carbons (Fsp3) is 0.700. The molecule has 0 unspecified atom stereocenters. The van der Waals surface area contributed by atoms with Crippen molar-refractivity contribution in [2.45, 2.75) is 26.2 Å². The third-order valence-corrected chi connectivity index (χ3v) is 1.99. The average Bonchev–Trinajstić information content (AvgIpc) is 2.14. The second-order valence-electron chi connectivity index (χ2n) is 2.92. The zero-order chi connectivity index (χ0) is 10.1. The van der Waals surface area contributed by atoms with Crippen LogP contribution < -0.4 is 0 Å². The number of alkyl halides is 1. The van der Waals surface area contributed by atoms with Crippen LogP contribution in [0.1, 0.15) is 26.2 Å². The summed E-state index contributed by atoms with van der Waals surface area (Å²) in [5.41, 5.74) is 0. The maximum atomic E-state index is 11.5. The van der Waals surface area contributed by atoms with Gasteiger partial charge in [-0.25, -0.2) is 0 Å². The van der Waals surface area contributed by atoms with Gasteiger partial charge >= 0.3 is 0 Å². The Morgan fingerprint density at radius 3 is 2.77 bits per heavy atom. The van der Waals surface area contributed by atoms with Crippen LogP contribution in [0, 0.1) is 0 Å². The van der Waals surface area contributed by atoms with E-state index in [4.69, 9.17) is 11.6 Å². The molecule has 0 radical (unpaired) electrons. The van der Waals surface area contributed by atoms with Crippen molar-refractivity contribution in [1.29, 1.82) is 0 Å². The summed E-state index contributed by atoms with van der Waals surface area (Å²) in [4.78, 5) is 13.3. The Hall–Kier alpha value is -0.500. The molecule has 0 bridgehead atoms. The van der Waals surface area contributed by atoms with E-state index in [0.29, 0.717) is 18.8 Å². The molecule has 1 amide bonds. The molecule has 0 fully saturated rings. The summed E-state index contributed by atoms with van der Waals surface area (Å²) in [5.74, 6) is 0.738. The van der Waals surface area contributed by atoms with E-state index in [1.807, 2.05) is 4.90 Å². The lowest BCUT2D eigenvalue weighted by Gasteiger charge is -2.19. The van der Waals surface area contributed by atoms with Crippen LogP contribution in [0.5, 0.6) is 0 Å². The van der Waals surface area contributed by atoms with Crippen LogP contribution in [0.4, 0.5) is 0 Å². The summed E-state index contributed by atoms with van der Waals surface area (Å²) in [6.45, 7) is 7.15. The minimum Gasteiger partial charge on any atom is -0.339 e. The number of carbonyl (C=O) groups excluding carboxylic acids is 1. The second-order valence-corrected chi connectivity index (χ2v) is 3.30. The molecule has 0 aliphatic heterocycles. The molecule has 0 aliphatic carbocycles. The predicted octanol–water partition coefficient (Wildman–Crippen LogP) is 2.43. The molecule has 0 saturated carbocycles. The van der Waals surface area contributed by atoms with Gasteiger partial charge < -0.3 is 4.90 Å². The van der Waals surface area contributed by atoms with Crippen LogP contribution >= 0.6 is 11.6 Å². The largest absolute Gasteiger partial charge is 0.339 e. The van der Waals surface area contributed by atoms with Crippen molar-refractivity contribution in [2.24, 2.45) is 0 Å². The lowest BCUT2D eigenvalue weighted by Crippen LogP contribution is -2.31. The van der Waals surface area contributed by atoms with E-state index in [2.05, 4.69) is 13.5 Å². The molecule has 76 valence electrons. The number of amides is 1. The van der Waals surface area contributed by atoms with E-state index in [1.165, 1.54) is 0 Å². The SMILES string of the molecule is C=CCN(CCC)C(=O)CCCCl. The molecule has 0 aromatic rings. The molecule has 0 N–H and O–H groups in total. The Morgan fingerprint density at radius 2 is 2.31 bits per heavy atom. The van der Waals surface area contributed by atoms with Crippen LogP contribution in [0.25, 0.3) is 0 Å². The summed E-state index contributed by atoms with van der Waals surface area (Å²) >= 11 is 5.51. The molecule has 0 saturated heterocycles. The number of hydrogen-bond donors (Lipinski definition) is 0. The number of carbonyl (C=O) groups is 1. The highest BCUT2D eigenvalue weighted by Gasteiger charge is 2.09. The van der Waals surface area contributed by atoms with Gasteiger partial charge in [-0.15, -0.1) is 18.2 Å². The van der Waals surface area contributed by atoms with Gasteiger partial charge in [-0.1, -0.05) is 13.0 Å². The first kappa shape index (κ1) is 12.5. The van der Waals surface area contributed by atoms with Crippen LogP contribution in [0.15, 0.2) is 12.7 Å². The summed E-state index contributed by atoms with van der Waals surface area (Å²) in [6.07, 6.45) is 4.06. The summed E-state index contributed by atoms with van der Waals surface area (Å²) < 4.78 is 0. The monoisotopic (exact) mass is 203 g/mol. The van der Waals surface area contributed by atoms with E-state index in [0.717, 1.165) is 19.4 Å². The minimum atomic E-state index is 0.183. The van der Waals surface area contributed by atoms with E-state index in [-0.39, 0.29) is 5.91 Å². The van der Waals surface area contributed by atoms with Crippen molar-refractivity contribution >= 4 is 17.5 Å².